The predicted octanol–water partition coefficient (Wildman–Crippen LogP) is 2.48. The molecular weight excluding hydrogens is 311 g/mol. The van der Waals surface area contributed by atoms with Crippen LogP contribution in [0, 0.1) is 5.82 Å². The number of halogens is 2. The van der Waals surface area contributed by atoms with Crippen LogP contribution in [0.1, 0.15) is 25.7 Å². The van der Waals surface area contributed by atoms with E-state index >= 15 is 0 Å². The number of nitrogens with two attached hydrogens (primary N) is 1. The number of nitrogens with one attached hydrogen (secondary N) is 1. The predicted molar refractivity (Wildman–Crippen MR) is 85.0 cm³/mol. The average molecular weight is 333 g/mol. The molecule has 0 spiro atoms. The zero-order valence-corrected chi connectivity index (χ0v) is 13.4. The van der Waals surface area contributed by atoms with Gasteiger partial charge in [0.05, 0.1) is 12.1 Å². The Bertz CT molecular complexity index is 508. The molecule has 1 aliphatic rings. The number of methoxy groups -OCH3 is 1. The highest BCUT2D eigenvalue weighted by atomic mass is 35.5. The number of rotatable bonds is 6. The van der Waals surface area contributed by atoms with E-state index in [2.05, 4.69) is 5.32 Å². The van der Waals surface area contributed by atoms with Gasteiger partial charge in [-0.1, -0.05) is 12.8 Å². The summed E-state index contributed by atoms with van der Waals surface area (Å²) in [7, 11) is 1.55. The first-order valence-electron chi connectivity index (χ1n) is 7.07. The molecule has 22 heavy (non-hydrogen) atoms. The number of amides is 1. The van der Waals surface area contributed by atoms with E-state index in [0.29, 0.717) is 25.1 Å². The molecule has 7 heteroatoms. The van der Waals surface area contributed by atoms with E-state index in [9.17, 15) is 9.18 Å². The number of hydrogen-bond acceptors (Lipinski definition) is 4. The molecule has 1 aliphatic carbocycles. The first-order chi connectivity index (χ1) is 10.0. The molecule has 1 aromatic rings. The van der Waals surface area contributed by atoms with Gasteiger partial charge >= 0.3 is 0 Å². The molecular formula is C15H22ClFN2O3. The number of carbonyl (C=O) groups excluding carboxylic acids is 1. The summed E-state index contributed by atoms with van der Waals surface area (Å²) < 4.78 is 23.9. The Morgan fingerprint density at radius 3 is 2.64 bits per heavy atom. The lowest BCUT2D eigenvalue weighted by molar-refractivity contribution is -0.121. The lowest BCUT2D eigenvalue weighted by atomic mass is 9.98. The van der Waals surface area contributed by atoms with Crippen LogP contribution in [0.25, 0.3) is 0 Å². The number of ether oxygens (including phenoxy) is 2. The van der Waals surface area contributed by atoms with Crippen molar-refractivity contribution in [2.45, 2.75) is 31.2 Å². The van der Waals surface area contributed by atoms with E-state index in [1.807, 2.05) is 0 Å². The van der Waals surface area contributed by atoms with Crippen LogP contribution in [0.3, 0.4) is 0 Å². The lowest BCUT2D eigenvalue weighted by Gasteiger charge is -2.22. The van der Waals surface area contributed by atoms with Crippen LogP contribution in [0.2, 0.25) is 0 Å². The number of benzene rings is 1. The topological polar surface area (TPSA) is 73.6 Å². The van der Waals surface area contributed by atoms with Crippen molar-refractivity contribution in [3.63, 3.8) is 0 Å². The van der Waals surface area contributed by atoms with E-state index in [4.69, 9.17) is 15.2 Å². The SMILES string of the molecule is COCCOc1ccc(NC(=O)C2(N)CCCC2)cc1F.Cl. The Kier molecular flexibility index (Phi) is 7.06. The summed E-state index contributed by atoms with van der Waals surface area (Å²) >= 11 is 0. The molecule has 0 heterocycles. The third-order valence-corrected chi connectivity index (χ3v) is 3.68. The highest BCUT2D eigenvalue weighted by Gasteiger charge is 2.37. The van der Waals surface area contributed by atoms with Crippen molar-refractivity contribution in [3.05, 3.63) is 24.0 Å². The van der Waals surface area contributed by atoms with Crippen LogP contribution in [-0.4, -0.2) is 31.8 Å². The molecule has 0 aromatic heterocycles. The first-order valence-corrected chi connectivity index (χ1v) is 7.07. The monoisotopic (exact) mass is 332 g/mol. The van der Waals surface area contributed by atoms with Crippen molar-refractivity contribution in [3.8, 4) is 5.75 Å². The first kappa shape index (κ1) is 18.7. The van der Waals surface area contributed by atoms with Crippen LogP contribution < -0.4 is 15.8 Å². The van der Waals surface area contributed by atoms with Gasteiger partial charge in [-0.2, -0.15) is 0 Å². The molecule has 0 saturated heterocycles. The Balaban J connectivity index is 0.00000242. The van der Waals surface area contributed by atoms with Gasteiger partial charge in [0.25, 0.3) is 0 Å². The zero-order chi connectivity index (χ0) is 15.3. The minimum Gasteiger partial charge on any atom is -0.488 e. The fourth-order valence-electron chi connectivity index (χ4n) is 2.42. The summed E-state index contributed by atoms with van der Waals surface area (Å²) in [6.45, 7) is 0.651. The molecule has 1 amide bonds. The summed E-state index contributed by atoms with van der Waals surface area (Å²) in [6.07, 6.45) is 3.23. The quantitative estimate of drug-likeness (QED) is 0.785. The lowest BCUT2D eigenvalue weighted by Crippen LogP contribution is -2.48. The third kappa shape index (κ3) is 4.56. The standard InChI is InChI=1S/C15H21FN2O3.ClH/c1-20-8-9-21-13-5-4-11(10-12(13)16)18-14(19)15(17)6-2-3-7-15;/h4-5,10H,2-3,6-9,17H2,1H3,(H,18,19);1H. The van der Waals surface area contributed by atoms with Crippen LogP contribution in [0.4, 0.5) is 10.1 Å². The minimum absolute atomic E-state index is 0. The van der Waals surface area contributed by atoms with Crippen molar-refractivity contribution >= 4 is 24.0 Å². The highest BCUT2D eigenvalue weighted by molar-refractivity contribution is 5.98. The van der Waals surface area contributed by atoms with E-state index in [-0.39, 0.29) is 30.7 Å². The van der Waals surface area contributed by atoms with Crippen molar-refractivity contribution in [1.29, 1.82) is 0 Å². The van der Waals surface area contributed by atoms with Gasteiger partial charge in [0.15, 0.2) is 11.6 Å². The van der Waals surface area contributed by atoms with Crippen molar-refractivity contribution < 1.29 is 18.7 Å². The van der Waals surface area contributed by atoms with Crippen LogP contribution >= 0.6 is 12.4 Å². The highest BCUT2D eigenvalue weighted by Crippen LogP contribution is 2.29. The summed E-state index contributed by atoms with van der Waals surface area (Å²) in [4.78, 5) is 12.1. The maximum absolute atomic E-state index is 13.9. The Morgan fingerprint density at radius 1 is 1.36 bits per heavy atom. The molecule has 1 aromatic carbocycles. The third-order valence-electron chi connectivity index (χ3n) is 3.68. The minimum atomic E-state index is -0.829. The molecule has 0 radical (unpaired) electrons. The number of anilines is 1. The van der Waals surface area contributed by atoms with Gasteiger partial charge in [-0.05, 0) is 25.0 Å². The maximum Gasteiger partial charge on any atom is 0.244 e. The second-order valence-corrected chi connectivity index (χ2v) is 5.30. The Labute approximate surface area is 135 Å². The molecule has 0 atom stereocenters. The number of hydrogen-bond donors (Lipinski definition) is 2. The molecule has 5 nitrogen and oxygen atoms in total. The van der Waals surface area contributed by atoms with E-state index in [1.54, 1.807) is 13.2 Å². The zero-order valence-electron chi connectivity index (χ0n) is 12.6. The Morgan fingerprint density at radius 2 is 2.05 bits per heavy atom. The van der Waals surface area contributed by atoms with Crippen LogP contribution in [-0.2, 0) is 9.53 Å². The second kappa shape index (κ2) is 8.31. The van der Waals surface area contributed by atoms with Crippen molar-refractivity contribution in [2.24, 2.45) is 5.73 Å². The van der Waals surface area contributed by atoms with Gasteiger partial charge in [0.2, 0.25) is 5.91 Å². The molecule has 1 fully saturated rings. The van der Waals surface area contributed by atoms with Crippen LogP contribution in [0.15, 0.2) is 18.2 Å². The van der Waals surface area contributed by atoms with Gasteiger partial charge in [-0.25, -0.2) is 4.39 Å². The number of carbonyl (C=O) groups is 1. The van der Waals surface area contributed by atoms with Crippen molar-refractivity contribution in [1.82, 2.24) is 0 Å². The Hall–Kier alpha value is -1.37. The van der Waals surface area contributed by atoms with E-state index < -0.39 is 11.4 Å². The molecule has 0 aliphatic heterocycles. The van der Waals surface area contributed by atoms with E-state index in [1.165, 1.54) is 12.1 Å². The van der Waals surface area contributed by atoms with Crippen molar-refractivity contribution in [2.75, 3.05) is 25.6 Å². The second-order valence-electron chi connectivity index (χ2n) is 5.30. The van der Waals surface area contributed by atoms with Gasteiger partial charge in [-0.3, -0.25) is 4.79 Å². The summed E-state index contributed by atoms with van der Waals surface area (Å²) in [5, 5.41) is 2.68. The van der Waals surface area contributed by atoms with Crippen LogP contribution in [0.5, 0.6) is 5.75 Å². The van der Waals surface area contributed by atoms with Gasteiger partial charge < -0.3 is 20.5 Å². The molecule has 0 unspecified atom stereocenters. The smallest absolute Gasteiger partial charge is 0.244 e. The molecule has 0 bridgehead atoms. The average Bonchev–Trinajstić information content (AvgIpc) is 2.90. The fourth-order valence-corrected chi connectivity index (χ4v) is 2.42. The van der Waals surface area contributed by atoms with Gasteiger partial charge in [0.1, 0.15) is 6.61 Å². The summed E-state index contributed by atoms with van der Waals surface area (Å²) in [6, 6.07) is 4.32. The summed E-state index contributed by atoms with van der Waals surface area (Å²) in [5.41, 5.74) is 5.61. The fraction of sp³-hybridized carbons (Fsp3) is 0.533. The molecule has 124 valence electrons. The van der Waals surface area contributed by atoms with Gasteiger partial charge in [-0.15, -0.1) is 12.4 Å². The molecule has 3 N–H and O–H groups in total. The van der Waals surface area contributed by atoms with E-state index in [0.717, 1.165) is 12.8 Å². The molecule has 2 rings (SSSR count). The normalized spacial score (nSPS) is 16.0. The van der Waals surface area contributed by atoms with Gasteiger partial charge in [0, 0.05) is 18.9 Å². The maximum atomic E-state index is 13.9. The molecule has 1 saturated carbocycles. The summed E-state index contributed by atoms with van der Waals surface area (Å²) in [5.74, 6) is -0.651. The largest absolute Gasteiger partial charge is 0.488 e.